The molecule has 5 heteroatoms. The summed E-state index contributed by atoms with van der Waals surface area (Å²) in [6, 6.07) is 0. The number of carbonyl (C=O) groups is 1. The van der Waals surface area contributed by atoms with E-state index in [1.807, 2.05) is 6.26 Å². The van der Waals surface area contributed by atoms with Gasteiger partial charge in [-0.25, -0.2) is 0 Å². The topological polar surface area (TPSA) is 41.6 Å². The number of ether oxygens (including phenoxy) is 1. The quantitative estimate of drug-likeness (QED) is 0.295. The zero-order valence-electron chi connectivity index (χ0n) is 5.62. The van der Waals surface area contributed by atoms with Crippen molar-refractivity contribution in [2.24, 2.45) is 0 Å². The minimum atomic E-state index is -0.151. The highest BCUT2D eigenvalue weighted by atomic mass is 33.1. The Morgan fingerprint density at radius 2 is 2.60 bits per heavy atom. The van der Waals surface area contributed by atoms with E-state index in [-0.39, 0.29) is 12.0 Å². The maximum Gasteiger partial charge on any atom is 0.252 e. The third-order valence-electron chi connectivity index (χ3n) is 1.05. The van der Waals surface area contributed by atoms with Crippen LogP contribution in [0.5, 0.6) is 0 Å². The van der Waals surface area contributed by atoms with E-state index >= 15 is 0 Å². The first kappa shape index (κ1) is 8.23. The largest absolute Gasteiger partial charge is 0.363 e. The smallest absolute Gasteiger partial charge is 0.252 e. The van der Waals surface area contributed by atoms with Gasteiger partial charge in [0.2, 0.25) is 0 Å². The van der Waals surface area contributed by atoms with Gasteiger partial charge in [0.1, 0.15) is 0 Å². The first-order valence-corrected chi connectivity index (χ1v) is 5.62. The van der Waals surface area contributed by atoms with Crippen LogP contribution in [0.2, 0.25) is 0 Å². The monoisotopic (exact) mass is 179 g/mol. The summed E-state index contributed by atoms with van der Waals surface area (Å²) < 4.78 is 4.77. The van der Waals surface area contributed by atoms with Crippen molar-refractivity contribution in [3.05, 3.63) is 0 Å². The first-order chi connectivity index (χ1) is 4.84. The standard InChI is InChI=1S/C5H9NO2S2/c1-9-10-3-6-5(7)4-2-8-4/h4H,2-3H2,1H3,(H,6,7). The molecule has 1 aliphatic rings. The van der Waals surface area contributed by atoms with Crippen molar-refractivity contribution in [2.45, 2.75) is 6.10 Å². The molecule has 0 aliphatic carbocycles. The van der Waals surface area contributed by atoms with Gasteiger partial charge in [-0.1, -0.05) is 21.6 Å². The van der Waals surface area contributed by atoms with Crippen molar-refractivity contribution in [1.29, 1.82) is 0 Å². The van der Waals surface area contributed by atoms with Gasteiger partial charge in [0.25, 0.3) is 5.91 Å². The van der Waals surface area contributed by atoms with Crippen LogP contribution >= 0.6 is 21.6 Å². The Hall–Kier alpha value is 0.130. The van der Waals surface area contributed by atoms with E-state index in [1.54, 1.807) is 21.6 Å². The molecule has 0 radical (unpaired) electrons. The third kappa shape index (κ3) is 2.81. The lowest BCUT2D eigenvalue weighted by Crippen LogP contribution is -2.26. The summed E-state index contributed by atoms with van der Waals surface area (Å²) in [5.41, 5.74) is 0. The summed E-state index contributed by atoms with van der Waals surface area (Å²) in [5.74, 6) is 0.682. The highest BCUT2D eigenvalue weighted by Crippen LogP contribution is 2.15. The molecule has 58 valence electrons. The minimum absolute atomic E-state index is 0.0153. The van der Waals surface area contributed by atoms with Crippen molar-refractivity contribution < 1.29 is 9.53 Å². The Kier molecular flexibility index (Phi) is 3.37. The van der Waals surface area contributed by atoms with Crippen LogP contribution in [-0.2, 0) is 9.53 Å². The van der Waals surface area contributed by atoms with Crippen LogP contribution < -0.4 is 5.32 Å². The molecule has 3 nitrogen and oxygen atoms in total. The summed E-state index contributed by atoms with van der Waals surface area (Å²) >= 11 is 0. The van der Waals surface area contributed by atoms with E-state index in [2.05, 4.69) is 5.32 Å². The van der Waals surface area contributed by atoms with Crippen LogP contribution in [-0.4, -0.2) is 30.8 Å². The van der Waals surface area contributed by atoms with Crippen LogP contribution in [0.25, 0.3) is 0 Å². The second-order valence-corrected chi connectivity index (χ2v) is 4.36. The molecule has 1 amide bonds. The van der Waals surface area contributed by atoms with Crippen molar-refractivity contribution in [1.82, 2.24) is 5.32 Å². The number of hydrogen-bond donors (Lipinski definition) is 1. The number of hydrogen-bond acceptors (Lipinski definition) is 4. The molecule has 1 fully saturated rings. The molecular weight excluding hydrogens is 170 g/mol. The number of nitrogens with one attached hydrogen (secondary N) is 1. The molecule has 1 saturated heterocycles. The highest BCUT2D eigenvalue weighted by Gasteiger charge is 2.30. The zero-order chi connectivity index (χ0) is 7.40. The highest BCUT2D eigenvalue weighted by molar-refractivity contribution is 8.76. The molecule has 1 N–H and O–H groups in total. The van der Waals surface area contributed by atoms with E-state index in [1.165, 1.54) is 0 Å². The summed E-state index contributed by atoms with van der Waals surface area (Å²) in [7, 11) is 3.25. The van der Waals surface area contributed by atoms with Gasteiger partial charge in [-0.3, -0.25) is 4.79 Å². The second kappa shape index (κ2) is 4.10. The van der Waals surface area contributed by atoms with Crippen molar-refractivity contribution in [2.75, 3.05) is 18.7 Å². The molecule has 1 rings (SSSR count). The van der Waals surface area contributed by atoms with Crippen molar-refractivity contribution >= 4 is 27.5 Å². The molecule has 1 unspecified atom stereocenters. The number of epoxide rings is 1. The summed E-state index contributed by atoms with van der Waals surface area (Å²) in [6.07, 6.45) is 1.83. The molecule has 0 aromatic rings. The van der Waals surface area contributed by atoms with Gasteiger partial charge in [-0.2, -0.15) is 0 Å². The van der Waals surface area contributed by atoms with Crippen LogP contribution in [0.1, 0.15) is 0 Å². The van der Waals surface area contributed by atoms with Gasteiger partial charge in [0, 0.05) is 0 Å². The molecule has 0 spiro atoms. The van der Waals surface area contributed by atoms with Crippen LogP contribution in [0, 0.1) is 0 Å². The minimum Gasteiger partial charge on any atom is -0.363 e. The SMILES string of the molecule is CSSCNC(=O)C1CO1. The molecule has 1 aliphatic heterocycles. The Morgan fingerprint density at radius 3 is 3.10 bits per heavy atom. The lowest BCUT2D eigenvalue weighted by Gasteiger charge is -1.98. The Balaban J connectivity index is 1.95. The number of rotatable bonds is 4. The lowest BCUT2D eigenvalue weighted by atomic mass is 10.5. The average molecular weight is 179 g/mol. The molecule has 0 saturated carbocycles. The molecule has 10 heavy (non-hydrogen) atoms. The van der Waals surface area contributed by atoms with Gasteiger partial charge in [-0.15, -0.1) is 0 Å². The fraction of sp³-hybridized carbons (Fsp3) is 0.800. The molecule has 0 aromatic carbocycles. The Labute approximate surface area is 67.7 Å². The van der Waals surface area contributed by atoms with Gasteiger partial charge < -0.3 is 10.1 Å². The van der Waals surface area contributed by atoms with E-state index in [0.29, 0.717) is 12.5 Å². The normalized spacial score (nSPS) is 22.3. The third-order valence-corrected chi connectivity index (χ3v) is 2.61. The van der Waals surface area contributed by atoms with Gasteiger partial charge >= 0.3 is 0 Å². The fourth-order valence-corrected chi connectivity index (χ4v) is 1.32. The predicted molar refractivity (Wildman–Crippen MR) is 43.9 cm³/mol. The fourth-order valence-electron chi connectivity index (χ4n) is 0.473. The second-order valence-electron chi connectivity index (χ2n) is 1.79. The van der Waals surface area contributed by atoms with Gasteiger partial charge in [0.15, 0.2) is 6.10 Å². The van der Waals surface area contributed by atoms with Crippen molar-refractivity contribution in [3.8, 4) is 0 Å². The maximum absolute atomic E-state index is 10.8. The average Bonchev–Trinajstić information content (AvgIpc) is 2.69. The van der Waals surface area contributed by atoms with Crippen LogP contribution in [0.15, 0.2) is 0 Å². The molecule has 0 aromatic heterocycles. The lowest BCUT2D eigenvalue weighted by molar-refractivity contribution is -0.121. The maximum atomic E-state index is 10.8. The Morgan fingerprint density at radius 1 is 1.90 bits per heavy atom. The van der Waals surface area contributed by atoms with E-state index < -0.39 is 0 Å². The van der Waals surface area contributed by atoms with E-state index in [9.17, 15) is 4.79 Å². The number of amides is 1. The first-order valence-electron chi connectivity index (χ1n) is 2.89. The summed E-state index contributed by atoms with van der Waals surface area (Å²) in [6.45, 7) is 0.593. The molecular formula is C5H9NO2S2. The van der Waals surface area contributed by atoms with Crippen molar-refractivity contribution in [3.63, 3.8) is 0 Å². The molecule has 1 atom stereocenters. The van der Waals surface area contributed by atoms with E-state index in [4.69, 9.17) is 4.74 Å². The Bertz CT molecular complexity index is 127. The number of carbonyl (C=O) groups excluding carboxylic acids is 1. The van der Waals surface area contributed by atoms with Crippen LogP contribution in [0.3, 0.4) is 0 Å². The summed E-state index contributed by atoms with van der Waals surface area (Å²) in [5, 5.41) is 2.72. The summed E-state index contributed by atoms with van der Waals surface area (Å²) in [4.78, 5) is 10.8. The van der Waals surface area contributed by atoms with E-state index in [0.717, 1.165) is 0 Å². The zero-order valence-corrected chi connectivity index (χ0v) is 7.26. The molecule has 1 heterocycles. The predicted octanol–water partition coefficient (Wildman–Crippen LogP) is 0.470. The van der Waals surface area contributed by atoms with Crippen LogP contribution in [0.4, 0.5) is 0 Å². The van der Waals surface area contributed by atoms with Gasteiger partial charge in [-0.05, 0) is 6.26 Å². The molecule has 0 bridgehead atoms. The van der Waals surface area contributed by atoms with Gasteiger partial charge in [0.05, 0.1) is 12.5 Å².